The van der Waals surface area contributed by atoms with Crippen molar-refractivity contribution in [3.63, 3.8) is 0 Å². The van der Waals surface area contributed by atoms with E-state index in [2.05, 4.69) is 34.3 Å². The summed E-state index contributed by atoms with van der Waals surface area (Å²) in [7, 11) is 0. The van der Waals surface area contributed by atoms with Crippen LogP contribution in [0.15, 0.2) is 23.4 Å². The van der Waals surface area contributed by atoms with Crippen LogP contribution in [0.5, 0.6) is 0 Å². The number of imidazole rings is 1. The first kappa shape index (κ1) is 20.4. The molecule has 2 bridgehead atoms. The van der Waals surface area contributed by atoms with Crippen molar-refractivity contribution in [2.75, 3.05) is 18.8 Å². The van der Waals surface area contributed by atoms with Crippen molar-refractivity contribution in [3.8, 4) is 0 Å². The number of benzene rings is 1. The second-order valence-electron chi connectivity index (χ2n) is 6.62. The van der Waals surface area contributed by atoms with Crippen molar-refractivity contribution in [2.24, 2.45) is 0 Å². The maximum atomic E-state index is 12.5. The summed E-state index contributed by atoms with van der Waals surface area (Å²) in [5.41, 5.74) is 3.21. The van der Waals surface area contributed by atoms with Gasteiger partial charge in [0, 0.05) is 25.2 Å². The number of aromatic nitrogens is 2. The van der Waals surface area contributed by atoms with E-state index < -0.39 is 0 Å². The molecule has 138 valence electrons. The molecule has 0 unspecified atom stereocenters. The number of aryl methyl sites for hydroxylation is 1. The van der Waals surface area contributed by atoms with Crippen LogP contribution in [0.3, 0.4) is 0 Å². The highest BCUT2D eigenvalue weighted by molar-refractivity contribution is 7.99. The summed E-state index contributed by atoms with van der Waals surface area (Å²) >= 11 is 1.50. The fourth-order valence-electron chi connectivity index (χ4n) is 3.56. The summed E-state index contributed by atoms with van der Waals surface area (Å²) in [5, 5.41) is 4.44. The number of carbonyl (C=O) groups excluding carboxylic acids is 1. The molecule has 5 nitrogen and oxygen atoms in total. The molecule has 0 aliphatic carbocycles. The number of carbonyl (C=O) groups is 1. The third kappa shape index (κ3) is 4.61. The molecule has 1 aromatic heterocycles. The van der Waals surface area contributed by atoms with Crippen LogP contribution in [0.25, 0.3) is 11.0 Å². The maximum Gasteiger partial charge on any atom is 0.233 e. The van der Waals surface area contributed by atoms with Crippen LogP contribution in [-0.2, 0) is 4.79 Å². The van der Waals surface area contributed by atoms with Crippen LogP contribution in [0, 0.1) is 6.92 Å². The average Bonchev–Trinajstić information content (AvgIpc) is 3.07. The summed E-state index contributed by atoms with van der Waals surface area (Å²) in [6, 6.07) is 7.27. The van der Waals surface area contributed by atoms with Gasteiger partial charge in [-0.2, -0.15) is 0 Å². The molecule has 2 saturated heterocycles. The van der Waals surface area contributed by atoms with E-state index in [9.17, 15) is 4.79 Å². The Morgan fingerprint density at radius 2 is 2.08 bits per heavy atom. The highest BCUT2D eigenvalue weighted by Crippen LogP contribution is 2.23. The number of hydrogen-bond acceptors (Lipinski definition) is 4. The van der Waals surface area contributed by atoms with E-state index in [4.69, 9.17) is 0 Å². The van der Waals surface area contributed by atoms with Crippen molar-refractivity contribution in [1.29, 1.82) is 0 Å². The molecule has 2 N–H and O–H groups in total. The molecule has 2 aromatic rings. The van der Waals surface area contributed by atoms with E-state index in [1.165, 1.54) is 30.2 Å². The number of halogens is 2. The minimum atomic E-state index is 0. The average molecular weight is 403 g/mol. The van der Waals surface area contributed by atoms with E-state index in [0.29, 0.717) is 17.8 Å². The van der Waals surface area contributed by atoms with Crippen LogP contribution in [0.4, 0.5) is 0 Å². The zero-order valence-corrected chi connectivity index (χ0v) is 16.6. The van der Waals surface area contributed by atoms with Gasteiger partial charge in [-0.1, -0.05) is 17.8 Å². The maximum absolute atomic E-state index is 12.5. The summed E-state index contributed by atoms with van der Waals surface area (Å²) < 4.78 is 0. The first-order chi connectivity index (χ1) is 11.2. The Hall–Kier alpha value is -0.950. The smallest absolute Gasteiger partial charge is 0.233 e. The van der Waals surface area contributed by atoms with Gasteiger partial charge in [0.25, 0.3) is 0 Å². The van der Waals surface area contributed by atoms with Crippen LogP contribution in [-0.4, -0.2) is 51.7 Å². The topological polar surface area (TPSA) is 61.0 Å². The van der Waals surface area contributed by atoms with Crippen LogP contribution >= 0.6 is 36.6 Å². The zero-order valence-electron chi connectivity index (χ0n) is 14.2. The third-order valence-corrected chi connectivity index (χ3v) is 5.68. The van der Waals surface area contributed by atoms with Gasteiger partial charge in [0.05, 0.1) is 16.8 Å². The molecule has 0 spiro atoms. The standard InChI is InChI=1S/C17H22N4OS.2ClH/c1-11-2-5-14-15(8-11)20-17(19-14)23-10-16(22)21-7-6-12-3-4-13(9-21)18-12;;/h2,5,8,12-13,18H,3-4,6-7,9-10H2,1H3,(H,19,20);2*1H/t12-,13+;;/m1../s1. The number of amides is 1. The van der Waals surface area contributed by atoms with E-state index >= 15 is 0 Å². The number of aromatic amines is 1. The van der Waals surface area contributed by atoms with Crippen molar-refractivity contribution in [1.82, 2.24) is 20.2 Å². The Balaban J connectivity index is 0.00000113. The molecule has 3 heterocycles. The highest BCUT2D eigenvalue weighted by Gasteiger charge is 2.31. The lowest BCUT2D eigenvalue weighted by molar-refractivity contribution is -0.128. The van der Waals surface area contributed by atoms with Crippen molar-refractivity contribution < 1.29 is 4.79 Å². The van der Waals surface area contributed by atoms with Gasteiger partial charge < -0.3 is 15.2 Å². The summed E-state index contributed by atoms with van der Waals surface area (Å²) in [6.07, 6.45) is 3.54. The van der Waals surface area contributed by atoms with Crippen LogP contribution in [0.1, 0.15) is 24.8 Å². The molecule has 4 rings (SSSR count). The van der Waals surface area contributed by atoms with E-state index in [-0.39, 0.29) is 30.7 Å². The van der Waals surface area contributed by atoms with Crippen molar-refractivity contribution >= 4 is 53.5 Å². The predicted octanol–water partition coefficient (Wildman–Crippen LogP) is 3.16. The van der Waals surface area contributed by atoms with Gasteiger partial charge in [-0.3, -0.25) is 4.79 Å². The molecule has 8 heteroatoms. The molecule has 1 aromatic carbocycles. The van der Waals surface area contributed by atoms with Gasteiger partial charge in [-0.15, -0.1) is 24.8 Å². The summed E-state index contributed by atoms with van der Waals surface area (Å²) in [6.45, 7) is 3.81. The lowest BCUT2D eigenvalue weighted by atomic mass is 10.1. The molecule has 2 atom stereocenters. The molecule has 0 saturated carbocycles. The normalized spacial score (nSPS) is 22.2. The molecule has 25 heavy (non-hydrogen) atoms. The van der Waals surface area contributed by atoms with E-state index in [1.54, 1.807) is 0 Å². The van der Waals surface area contributed by atoms with Crippen LogP contribution < -0.4 is 5.32 Å². The van der Waals surface area contributed by atoms with E-state index in [0.717, 1.165) is 35.7 Å². The van der Waals surface area contributed by atoms with E-state index in [1.807, 2.05) is 11.0 Å². The van der Waals surface area contributed by atoms with Crippen molar-refractivity contribution in [3.05, 3.63) is 23.8 Å². The number of rotatable bonds is 3. The predicted molar refractivity (Wildman–Crippen MR) is 107 cm³/mol. The monoisotopic (exact) mass is 402 g/mol. The first-order valence-electron chi connectivity index (χ1n) is 8.30. The highest BCUT2D eigenvalue weighted by atomic mass is 35.5. The Morgan fingerprint density at radius 1 is 1.28 bits per heavy atom. The minimum Gasteiger partial charge on any atom is -0.340 e. The number of hydrogen-bond donors (Lipinski definition) is 2. The first-order valence-corrected chi connectivity index (χ1v) is 9.29. The molecule has 2 aliphatic rings. The van der Waals surface area contributed by atoms with Gasteiger partial charge in [0.2, 0.25) is 5.91 Å². The number of likely N-dealkylation sites (tertiary alicyclic amines) is 1. The van der Waals surface area contributed by atoms with Gasteiger partial charge in [-0.25, -0.2) is 4.98 Å². The number of nitrogens with zero attached hydrogens (tertiary/aromatic N) is 2. The lowest BCUT2D eigenvalue weighted by Gasteiger charge is -2.24. The second kappa shape index (κ2) is 8.62. The van der Waals surface area contributed by atoms with Gasteiger partial charge in [-0.05, 0) is 43.9 Å². The molecule has 2 aliphatic heterocycles. The Bertz CT molecular complexity index is 739. The third-order valence-electron chi connectivity index (χ3n) is 4.82. The summed E-state index contributed by atoms with van der Waals surface area (Å²) in [5.74, 6) is 0.678. The largest absolute Gasteiger partial charge is 0.340 e. The zero-order chi connectivity index (χ0) is 15.8. The molecule has 2 fully saturated rings. The Kier molecular flexibility index (Phi) is 7.02. The quantitative estimate of drug-likeness (QED) is 0.773. The number of nitrogens with one attached hydrogen (secondary N) is 2. The fraction of sp³-hybridized carbons (Fsp3) is 0.529. The second-order valence-corrected chi connectivity index (χ2v) is 7.58. The SMILES string of the molecule is Cc1ccc2nc(SCC(=O)N3CC[C@H]4CC[C@@H](C3)N4)[nH]c2c1.Cl.Cl. The molecule has 1 amide bonds. The van der Waals surface area contributed by atoms with Gasteiger partial charge >= 0.3 is 0 Å². The summed E-state index contributed by atoms with van der Waals surface area (Å²) in [4.78, 5) is 22.4. The Labute approximate surface area is 164 Å². The number of thioether (sulfide) groups is 1. The van der Waals surface area contributed by atoms with Gasteiger partial charge in [0.15, 0.2) is 5.16 Å². The van der Waals surface area contributed by atoms with Crippen molar-refractivity contribution in [2.45, 2.75) is 43.4 Å². The van der Waals surface area contributed by atoms with Crippen LogP contribution in [0.2, 0.25) is 0 Å². The number of fused-ring (bicyclic) bond motifs is 3. The number of H-pyrrole nitrogens is 1. The minimum absolute atomic E-state index is 0. The van der Waals surface area contributed by atoms with Gasteiger partial charge in [0.1, 0.15) is 0 Å². The fourth-order valence-corrected chi connectivity index (χ4v) is 4.35. The lowest BCUT2D eigenvalue weighted by Crippen LogP contribution is -2.39. The molecular weight excluding hydrogens is 379 g/mol. The Morgan fingerprint density at radius 3 is 2.92 bits per heavy atom. The molecular formula is C17H24Cl2N4OS. The molecule has 0 radical (unpaired) electrons.